The van der Waals surface area contributed by atoms with Gasteiger partial charge in [-0.15, -0.1) is 0 Å². The first kappa shape index (κ1) is 14.2. The highest BCUT2D eigenvalue weighted by atomic mass is 16.3. The zero-order chi connectivity index (χ0) is 14.7. The fourth-order valence-electron chi connectivity index (χ4n) is 3.06. The van der Waals surface area contributed by atoms with Crippen molar-refractivity contribution < 1.29 is 5.11 Å². The minimum Gasteiger partial charge on any atom is -0.388 e. The summed E-state index contributed by atoms with van der Waals surface area (Å²) >= 11 is 0. The van der Waals surface area contributed by atoms with Crippen molar-refractivity contribution in [3.63, 3.8) is 0 Å². The quantitative estimate of drug-likeness (QED) is 0.902. The van der Waals surface area contributed by atoms with E-state index in [1.165, 1.54) is 16.8 Å². The van der Waals surface area contributed by atoms with Crippen molar-refractivity contribution in [3.05, 3.63) is 65.2 Å². The molecule has 0 aliphatic carbocycles. The molecule has 1 aliphatic rings. The Hall–Kier alpha value is -1.80. The van der Waals surface area contributed by atoms with E-state index in [9.17, 15) is 5.11 Å². The molecule has 1 atom stereocenters. The fourth-order valence-corrected chi connectivity index (χ4v) is 3.06. The van der Waals surface area contributed by atoms with Crippen LogP contribution in [0.5, 0.6) is 0 Å². The van der Waals surface area contributed by atoms with Crippen LogP contribution in [0.25, 0.3) is 0 Å². The molecule has 110 valence electrons. The van der Waals surface area contributed by atoms with Gasteiger partial charge in [0.2, 0.25) is 0 Å². The van der Waals surface area contributed by atoms with Crippen LogP contribution in [-0.2, 0) is 12.8 Å². The maximum absolute atomic E-state index is 10.4. The fraction of sp³-hybridized carbons (Fsp3) is 0.368. The molecule has 0 radical (unpaired) electrons. The van der Waals surface area contributed by atoms with Gasteiger partial charge in [-0.25, -0.2) is 0 Å². The second-order valence-corrected chi connectivity index (χ2v) is 5.77. The molecule has 3 rings (SSSR count). The number of rotatable bonds is 5. The van der Waals surface area contributed by atoms with Crippen molar-refractivity contribution in [3.8, 4) is 0 Å². The van der Waals surface area contributed by atoms with Crippen molar-refractivity contribution >= 4 is 5.69 Å². The number of benzene rings is 2. The van der Waals surface area contributed by atoms with Gasteiger partial charge in [0, 0.05) is 18.8 Å². The lowest BCUT2D eigenvalue weighted by Crippen LogP contribution is -2.23. The lowest BCUT2D eigenvalue weighted by atomic mass is 10.0. The zero-order valence-electron chi connectivity index (χ0n) is 12.6. The van der Waals surface area contributed by atoms with Gasteiger partial charge >= 0.3 is 0 Å². The highest BCUT2D eigenvalue weighted by Gasteiger charge is 2.19. The minimum atomic E-state index is -0.372. The molecule has 0 amide bonds. The van der Waals surface area contributed by atoms with Gasteiger partial charge in [0.15, 0.2) is 0 Å². The number of hydrogen-bond acceptors (Lipinski definition) is 2. The molecule has 1 heterocycles. The average Bonchev–Trinajstić information content (AvgIpc) is 2.96. The summed E-state index contributed by atoms with van der Waals surface area (Å²) < 4.78 is 0. The van der Waals surface area contributed by atoms with Crippen LogP contribution in [0.2, 0.25) is 0 Å². The van der Waals surface area contributed by atoms with Crippen LogP contribution in [0.3, 0.4) is 0 Å². The van der Waals surface area contributed by atoms with E-state index < -0.39 is 0 Å². The van der Waals surface area contributed by atoms with E-state index in [0.29, 0.717) is 0 Å². The Morgan fingerprint density at radius 3 is 2.62 bits per heavy atom. The third-order valence-corrected chi connectivity index (χ3v) is 4.43. The summed E-state index contributed by atoms with van der Waals surface area (Å²) in [7, 11) is 0. The molecule has 0 bridgehead atoms. The molecule has 0 saturated heterocycles. The third-order valence-electron chi connectivity index (χ3n) is 4.43. The Morgan fingerprint density at radius 2 is 1.86 bits per heavy atom. The highest BCUT2D eigenvalue weighted by Crippen LogP contribution is 2.28. The molecular formula is C19H23NO. The largest absolute Gasteiger partial charge is 0.388 e. The smallest absolute Gasteiger partial charge is 0.0806 e. The molecule has 1 aliphatic heterocycles. The summed E-state index contributed by atoms with van der Waals surface area (Å²) in [6, 6.07) is 16.9. The first-order chi connectivity index (χ1) is 10.3. The van der Waals surface area contributed by atoms with Crippen molar-refractivity contribution in [2.75, 3.05) is 18.0 Å². The van der Waals surface area contributed by atoms with E-state index in [2.05, 4.69) is 60.4 Å². The van der Waals surface area contributed by atoms with Crippen LogP contribution in [0, 0.1) is 0 Å². The van der Waals surface area contributed by atoms with Gasteiger partial charge in [0.25, 0.3) is 0 Å². The van der Waals surface area contributed by atoms with Crippen LogP contribution in [0.1, 0.15) is 36.1 Å². The summed E-state index contributed by atoms with van der Waals surface area (Å²) in [4.78, 5) is 2.39. The zero-order valence-corrected chi connectivity index (χ0v) is 12.6. The number of para-hydroxylation sites is 1. The Bertz CT molecular complexity index is 591. The minimum absolute atomic E-state index is 0.372. The van der Waals surface area contributed by atoms with Crippen molar-refractivity contribution in [1.82, 2.24) is 0 Å². The van der Waals surface area contributed by atoms with Gasteiger partial charge in [0.1, 0.15) is 0 Å². The molecule has 0 spiro atoms. The van der Waals surface area contributed by atoms with E-state index in [0.717, 1.165) is 37.9 Å². The maximum atomic E-state index is 10.4. The Morgan fingerprint density at radius 1 is 1.10 bits per heavy atom. The molecule has 0 fully saturated rings. The topological polar surface area (TPSA) is 23.5 Å². The molecule has 1 N–H and O–H groups in total. The average molecular weight is 281 g/mol. The maximum Gasteiger partial charge on any atom is 0.0806 e. The molecule has 2 heteroatoms. The van der Waals surface area contributed by atoms with Crippen molar-refractivity contribution in [2.24, 2.45) is 0 Å². The Balaban J connectivity index is 1.60. The van der Waals surface area contributed by atoms with Crippen molar-refractivity contribution in [1.29, 1.82) is 0 Å². The van der Waals surface area contributed by atoms with E-state index in [4.69, 9.17) is 0 Å². The summed E-state index contributed by atoms with van der Waals surface area (Å²) in [6.07, 6.45) is 2.57. The normalized spacial score (nSPS) is 15.0. The second-order valence-electron chi connectivity index (χ2n) is 5.77. The number of fused-ring (bicyclic) bond motifs is 1. The number of nitrogens with zero attached hydrogens (tertiary/aromatic N) is 1. The van der Waals surface area contributed by atoms with E-state index in [1.807, 2.05) is 0 Å². The highest BCUT2D eigenvalue weighted by molar-refractivity contribution is 5.57. The number of anilines is 1. The van der Waals surface area contributed by atoms with Gasteiger partial charge in [-0.2, -0.15) is 0 Å². The number of aryl methyl sites for hydroxylation is 1. The molecule has 1 unspecified atom stereocenters. The van der Waals surface area contributed by atoms with E-state index in [1.54, 1.807) is 0 Å². The van der Waals surface area contributed by atoms with Gasteiger partial charge in [-0.3, -0.25) is 0 Å². The second kappa shape index (κ2) is 6.31. The van der Waals surface area contributed by atoms with Gasteiger partial charge in [-0.1, -0.05) is 49.4 Å². The predicted octanol–water partition coefficient (Wildman–Crippen LogP) is 3.74. The molecule has 2 aromatic carbocycles. The van der Waals surface area contributed by atoms with Crippen LogP contribution in [-0.4, -0.2) is 18.2 Å². The molecule has 2 nitrogen and oxygen atoms in total. The predicted molar refractivity (Wildman–Crippen MR) is 87.8 cm³/mol. The van der Waals surface area contributed by atoms with Crippen LogP contribution >= 0.6 is 0 Å². The SMILES string of the molecule is CCc1ccc(C(O)CCN2CCc3ccccc32)cc1. The van der Waals surface area contributed by atoms with Gasteiger partial charge < -0.3 is 10.0 Å². The molecule has 0 saturated carbocycles. The van der Waals surface area contributed by atoms with Gasteiger partial charge in [-0.05, 0) is 42.0 Å². The van der Waals surface area contributed by atoms with Crippen LogP contribution in [0.15, 0.2) is 48.5 Å². The van der Waals surface area contributed by atoms with Crippen LogP contribution < -0.4 is 4.90 Å². The van der Waals surface area contributed by atoms with Crippen LogP contribution in [0.4, 0.5) is 5.69 Å². The summed E-state index contributed by atoms with van der Waals surface area (Å²) in [5.41, 5.74) is 5.12. The first-order valence-electron chi connectivity index (χ1n) is 7.87. The number of aliphatic hydroxyl groups excluding tert-OH is 1. The van der Waals surface area contributed by atoms with E-state index >= 15 is 0 Å². The van der Waals surface area contributed by atoms with Gasteiger partial charge in [0.05, 0.1) is 6.10 Å². The lowest BCUT2D eigenvalue weighted by Gasteiger charge is -2.21. The monoisotopic (exact) mass is 281 g/mol. The summed E-state index contributed by atoms with van der Waals surface area (Å²) in [5, 5.41) is 10.4. The first-order valence-corrected chi connectivity index (χ1v) is 7.87. The molecule has 0 aromatic heterocycles. The number of aliphatic hydroxyl groups is 1. The third kappa shape index (κ3) is 3.11. The van der Waals surface area contributed by atoms with Crippen molar-refractivity contribution in [2.45, 2.75) is 32.3 Å². The van der Waals surface area contributed by atoms with E-state index in [-0.39, 0.29) is 6.10 Å². The standard InChI is InChI=1S/C19H23NO/c1-2-15-7-9-17(10-8-15)19(21)12-14-20-13-11-16-5-3-4-6-18(16)20/h3-10,19,21H,2,11-14H2,1H3. The lowest BCUT2D eigenvalue weighted by molar-refractivity contribution is 0.169. The summed E-state index contributed by atoms with van der Waals surface area (Å²) in [5.74, 6) is 0. The molecular weight excluding hydrogens is 258 g/mol. The Kier molecular flexibility index (Phi) is 4.26. The molecule has 21 heavy (non-hydrogen) atoms. The Labute approximate surface area is 127 Å². The molecule has 2 aromatic rings. The summed E-state index contributed by atoms with van der Waals surface area (Å²) in [6.45, 7) is 4.13. The number of hydrogen-bond donors (Lipinski definition) is 1.